The molecular formula is C74H114N8O19S2. The van der Waals surface area contributed by atoms with Crippen LogP contribution < -0.4 is 21.7 Å². The number of aromatic nitrogens is 2. The maximum Gasteiger partial charge on any atom is 0.308 e. The van der Waals surface area contributed by atoms with E-state index in [0.717, 1.165) is 43.4 Å². The van der Waals surface area contributed by atoms with Gasteiger partial charge in [0.15, 0.2) is 0 Å². The Balaban J connectivity index is 0.000000365. The molecule has 0 spiro atoms. The number of nitrogens with one attached hydrogen (secondary N) is 3. The van der Waals surface area contributed by atoms with E-state index in [9.17, 15) is 48.6 Å². The first kappa shape index (κ1) is 88.5. The first-order chi connectivity index (χ1) is 48.3. The fraction of sp³-hybridized carbons (Fsp3) is 0.649. The number of aliphatic carboxylic acids is 1. The molecule has 576 valence electrons. The number of carboxylic acids is 1. The lowest BCUT2D eigenvalue weighted by Gasteiger charge is -2.35. The molecule has 0 aliphatic carbocycles. The van der Waals surface area contributed by atoms with Crippen LogP contribution in [0.25, 0.3) is 20.9 Å². The molecule has 2 fully saturated rings. The lowest BCUT2D eigenvalue weighted by molar-refractivity contribution is -0.157. The van der Waals surface area contributed by atoms with Crippen LogP contribution in [0.3, 0.4) is 0 Å². The van der Waals surface area contributed by atoms with Gasteiger partial charge in [0.05, 0.1) is 161 Å². The second kappa shape index (κ2) is 42.9. The van der Waals surface area contributed by atoms with E-state index in [0.29, 0.717) is 52.9 Å². The van der Waals surface area contributed by atoms with Gasteiger partial charge in [0.25, 0.3) is 0 Å². The largest absolute Gasteiger partial charge is 0.481 e. The van der Waals surface area contributed by atoms with Gasteiger partial charge in [-0.2, -0.15) is 0 Å². The van der Waals surface area contributed by atoms with Gasteiger partial charge in [0.2, 0.25) is 29.5 Å². The molecule has 8 N–H and O–H groups in total. The SMILES string of the molecule is CC(C)(C)OC(=O)CCOCCOCCOCCC(=O)O.Cc1ncsc1-c1ccc([C@H](C)NC(=O)[C@@H]2C[C@@H](O)CN2C(=O)[C@@H](N)C(C)(C)C)cc1.Cc1ncsc1-c1ccc([C@H](C)NC(=O)[C@@H]2C[C@@H](O)CN2C(=O)[C@@H](NC(=O)CCOCCOCCOCCC(=O)OC(C)(C)C)C(C)(C)C)cc1. The maximum absolute atomic E-state index is 13.9. The van der Waals surface area contributed by atoms with Crippen molar-refractivity contribution in [3.8, 4) is 20.9 Å². The van der Waals surface area contributed by atoms with Gasteiger partial charge < -0.3 is 84.7 Å². The third kappa shape index (κ3) is 32.6. The van der Waals surface area contributed by atoms with Gasteiger partial charge in [-0.05, 0) is 102 Å². The van der Waals surface area contributed by atoms with Crippen molar-refractivity contribution in [2.24, 2.45) is 16.6 Å². The molecule has 29 heteroatoms. The predicted molar refractivity (Wildman–Crippen MR) is 391 cm³/mol. The van der Waals surface area contributed by atoms with Crippen molar-refractivity contribution >= 4 is 70.1 Å². The van der Waals surface area contributed by atoms with Gasteiger partial charge in [-0.3, -0.25) is 38.4 Å². The number of thiazole rings is 2. The summed E-state index contributed by atoms with van der Waals surface area (Å²) < 4.78 is 42.2. The van der Waals surface area contributed by atoms with Gasteiger partial charge >= 0.3 is 17.9 Å². The predicted octanol–water partition coefficient (Wildman–Crippen LogP) is 7.83. The number of amides is 5. The molecule has 0 bridgehead atoms. The number of aliphatic hydroxyl groups is 2. The van der Waals surface area contributed by atoms with Crippen LogP contribution >= 0.6 is 22.7 Å². The number of aliphatic hydroxyl groups excluding tert-OH is 2. The summed E-state index contributed by atoms with van der Waals surface area (Å²) in [6.45, 7) is 33.5. The van der Waals surface area contributed by atoms with Crippen LogP contribution in [0.2, 0.25) is 0 Å². The molecule has 4 aromatic rings. The maximum atomic E-state index is 13.9. The van der Waals surface area contributed by atoms with E-state index in [-0.39, 0.29) is 126 Å². The first-order valence-electron chi connectivity index (χ1n) is 35.0. The highest BCUT2D eigenvalue weighted by atomic mass is 32.1. The minimum atomic E-state index is -0.926. The Morgan fingerprint density at radius 3 is 1.17 bits per heavy atom. The summed E-state index contributed by atoms with van der Waals surface area (Å²) in [4.78, 5) is 113. The molecule has 6 rings (SSSR count). The van der Waals surface area contributed by atoms with Crippen LogP contribution in [-0.2, 0) is 76.3 Å². The van der Waals surface area contributed by atoms with Crippen molar-refractivity contribution in [3.63, 3.8) is 0 Å². The molecule has 2 aliphatic rings. The number of carbonyl (C=O) groups is 8. The van der Waals surface area contributed by atoms with Crippen LogP contribution in [0.4, 0.5) is 0 Å². The average Bonchev–Trinajstić information content (AvgIpc) is 1.70. The quantitative estimate of drug-likeness (QED) is 0.0170. The average molecular weight is 1480 g/mol. The minimum Gasteiger partial charge on any atom is -0.481 e. The molecule has 5 amide bonds. The number of benzene rings is 2. The fourth-order valence-corrected chi connectivity index (χ4v) is 12.1. The zero-order chi connectivity index (χ0) is 76.8. The van der Waals surface area contributed by atoms with E-state index in [1.165, 1.54) is 9.80 Å². The lowest BCUT2D eigenvalue weighted by atomic mass is 9.85. The summed E-state index contributed by atoms with van der Waals surface area (Å²) in [6, 6.07) is 12.1. The van der Waals surface area contributed by atoms with Crippen molar-refractivity contribution < 1.29 is 91.6 Å². The van der Waals surface area contributed by atoms with Crippen molar-refractivity contribution in [2.75, 3.05) is 92.4 Å². The molecule has 2 aromatic heterocycles. The third-order valence-electron chi connectivity index (χ3n) is 16.1. The van der Waals surface area contributed by atoms with Gasteiger partial charge in [-0.15, -0.1) is 22.7 Å². The summed E-state index contributed by atoms with van der Waals surface area (Å²) >= 11 is 3.17. The topological polar surface area (TPSA) is 365 Å². The summed E-state index contributed by atoms with van der Waals surface area (Å²) in [5.41, 5.74) is 13.6. The van der Waals surface area contributed by atoms with Crippen LogP contribution in [-0.4, -0.2) is 222 Å². The van der Waals surface area contributed by atoms with Crippen molar-refractivity contribution in [3.05, 3.63) is 82.1 Å². The van der Waals surface area contributed by atoms with Crippen molar-refractivity contribution in [1.29, 1.82) is 0 Å². The van der Waals surface area contributed by atoms with Gasteiger partial charge in [0, 0.05) is 32.4 Å². The number of likely N-dealkylation sites (tertiary alicyclic amines) is 2. The Bertz CT molecular complexity index is 3280. The highest BCUT2D eigenvalue weighted by Gasteiger charge is 2.46. The fourth-order valence-electron chi connectivity index (χ4n) is 10.5. The first-order valence-corrected chi connectivity index (χ1v) is 36.8. The van der Waals surface area contributed by atoms with Crippen molar-refractivity contribution in [1.82, 2.24) is 35.7 Å². The summed E-state index contributed by atoms with van der Waals surface area (Å²) in [6.07, 6.45) is -0.869. The lowest BCUT2D eigenvalue weighted by Crippen LogP contribution is -2.58. The minimum absolute atomic E-state index is 0.00542. The van der Waals surface area contributed by atoms with E-state index in [4.69, 9.17) is 48.7 Å². The third-order valence-corrected chi connectivity index (χ3v) is 18.0. The van der Waals surface area contributed by atoms with Crippen LogP contribution in [0.5, 0.6) is 0 Å². The standard InChI is InChI=1S/C37H56N4O9S.C23H32N4O3S.C14H26O7/c1-24(26-9-11-27(12-10-26)32-25(2)38-23-51-32)39-34(45)29-21-28(42)22-41(29)35(46)33(36(3,4)5)40-30(43)13-15-47-17-19-49-20-18-48-16-14-31(44)50-37(6,7)8;1-13(15-6-8-16(9-7-15)19-14(2)25-12-31-19)26-21(29)18-10-17(28)11-27(18)22(30)20(24)23(3,4)5;1-14(2,3)21-13(17)5-7-19-9-11-20-10-8-18-6-4-12(15)16/h9-12,23-24,28-29,33,42H,13-22H2,1-8H3,(H,39,45)(H,40,43);6-9,12-13,17-18,20,28H,10-11,24H2,1-5H3,(H,26,29);4-11H2,1-3H3,(H,15,16)/t24-,28+,29-,33+;13-,17+,18-,20+;/m00./s1. The van der Waals surface area contributed by atoms with Crippen LogP contribution in [0, 0.1) is 24.7 Å². The molecule has 0 radical (unpaired) electrons. The Kier molecular flexibility index (Phi) is 36.9. The van der Waals surface area contributed by atoms with Crippen molar-refractivity contribution in [2.45, 2.75) is 209 Å². The van der Waals surface area contributed by atoms with Gasteiger partial charge in [0.1, 0.15) is 29.3 Å². The Hall–Kier alpha value is -6.90. The second-order valence-corrected chi connectivity index (χ2v) is 31.2. The summed E-state index contributed by atoms with van der Waals surface area (Å²) in [5, 5.41) is 37.9. The van der Waals surface area contributed by atoms with E-state index in [1.807, 2.05) is 170 Å². The number of aryl methyl sites for hydroxylation is 2. The molecule has 0 saturated carbocycles. The number of carboxylic acid groups (broad SMARTS) is 1. The number of esters is 2. The van der Waals surface area contributed by atoms with E-state index >= 15 is 0 Å². The number of β-amino-alcohol motifs (C(OH)–C–C–N with tert-alkyl or cyclic N) is 2. The number of rotatable bonds is 35. The molecule has 8 atom stereocenters. The Morgan fingerprint density at radius 1 is 0.505 bits per heavy atom. The normalized spacial score (nSPS) is 17.3. The zero-order valence-corrected chi connectivity index (χ0v) is 64.7. The number of nitrogens with two attached hydrogens (primary N) is 1. The zero-order valence-electron chi connectivity index (χ0n) is 63.1. The summed E-state index contributed by atoms with van der Waals surface area (Å²) in [7, 11) is 0. The Labute approximate surface area is 615 Å². The van der Waals surface area contributed by atoms with E-state index < -0.39 is 70.3 Å². The molecule has 2 aromatic carbocycles. The van der Waals surface area contributed by atoms with E-state index in [1.54, 1.807) is 22.7 Å². The number of carbonyl (C=O) groups excluding carboxylic acids is 7. The number of hydrogen-bond acceptors (Lipinski definition) is 23. The molecule has 4 heterocycles. The molecule has 103 heavy (non-hydrogen) atoms. The monoisotopic (exact) mass is 1480 g/mol. The van der Waals surface area contributed by atoms with Gasteiger partial charge in [-0.1, -0.05) is 90.1 Å². The number of nitrogens with zero attached hydrogens (tertiary/aromatic N) is 4. The number of ether oxygens (including phenoxy) is 8. The Morgan fingerprint density at radius 2 is 0.845 bits per heavy atom. The molecule has 2 saturated heterocycles. The van der Waals surface area contributed by atoms with Crippen LogP contribution in [0.15, 0.2) is 59.6 Å². The molecule has 2 aliphatic heterocycles. The van der Waals surface area contributed by atoms with Gasteiger partial charge in [-0.25, -0.2) is 9.97 Å². The number of hydrogen-bond donors (Lipinski definition) is 7. The van der Waals surface area contributed by atoms with E-state index in [2.05, 4.69) is 25.9 Å². The molecule has 0 unspecified atom stereocenters. The second-order valence-electron chi connectivity index (χ2n) is 29.5. The molecule has 27 nitrogen and oxygen atoms in total. The highest BCUT2D eigenvalue weighted by Crippen LogP contribution is 2.32. The summed E-state index contributed by atoms with van der Waals surface area (Å²) in [5.74, 6) is -3.21. The molecular weight excluding hydrogens is 1370 g/mol. The highest BCUT2D eigenvalue weighted by molar-refractivity contribution is 7.13. The smallest absolute Gasteiger partial charge is 0.308 e. The van der Waals surface area contributed by atoms with Crippen LogP contribution in [0.1, 0.15) is 170 Å².